The fourth-order valence-electron chi connectivity index (χ4n) is 2.08. The molecule has 0 aliphatic carbocycles. The average Bonchev–Trinajstić information content (AvgIpc) is 2.29. The second kappa shape index (κ2) is 4.78. The highest BCUT2D eigenvalue weighted by molar-refractivity contribution is 5.11. The lowest BCUT2D eigenvalue weighted by Gasteiger charge is -2.22. The van der Waals surface area contributed by atoms with Crippen molar-refractivity contribution in [3.05, 3.63) is 27.9 Å². The molecule has 1 aromatic heterocycles. The van der Waals surface area contributed by atoms with Crippen LogP contribution in [0.5, 0.6) is 0 Å². The summed E-state index contributed by atoms with van der Waals surface area (Å²) in [6, 6.07) is 1.64. The van der Waals surface area contributed by atoms with E-state index in [2.05, 4.69) is 15.3 Å². The molecule has 4 nitrogen and oxygen atoms in total. The number of aromatic amines is 1. The summed E-state index contributed by atoms with van der Waals surface area (Å²) in [5.74, 6) is 1.46. The highest BCUT2D eigenvalue weighted by Crippen LogP contribution is 2.21. The molecule has 1 saturated heterocycles. The van der Waals surface area contributed by atoms with E-state index in [1.54, 1.807) is 6.07 Å². The van der Waals surface area contributed by atoms with Crippen LogP contribution in [0.3, 0.4) is 0 Å². The fraction of sp³-hybridized carbons (Fsp3) is 0.667. The van der Waals surface area contributed by atoms with Gasteiger partial charge in [0, 0.05) is 24.4 Å². The van der Waals surface area contributed by atoms with Gasteiger partial charge >= 0.3 is 0 Å². The molecule has 1 atom stereocenters. The van der Waals surface area contributed by atoms with E-state index < -0.39 is 0 Å². The van der Waals surface area contributed by atoms with E-state index in [-0.39, 0.29) is 11.5 Å². The van der Waals surface area contributed by atoms with Gasteiger partial charge in [0.05, 0.1) is 5.69 Å². The molecule has 1 fully saturated rings. The number of nitrogens with one attached hydrogen (secondary N) is 2. The second-order valence-electron chi connectivity index (χ2n) is 4.75. The zero-order valence-electron chi connectivity index (χ0n) is 9.92. The molecule has 1 unspecified atom stereocenters. The van der Waals surface area contributed by atoms with Gasteiger partial charge in [-0.3, -0.25) is 4.79 Å². The largest absolute Gasteiger partial charge is 0.316 e. The minimum atomic E-state index is -0.0285. The van der Waals surface area contributed by atoms with Crippen LogP contribution in [0.2, 0.25) is 0 Å². The number of rotatable bonds is 2. The molecule has 88 valence electrons. The quantitative estimate of drug-likeness (QED) is 0.792. The molecule has 0 bridgehead atoms. The van der Waals surface area contributed by atoms with E-state index in [9.17, 15) is 4.79 Å². The van der Waals surface area contributed by atoms with Crippen molar-refractivity contribution in [3.8, 4) is 0 Å². The molecule has 1 aliphatic rings. The van der Waals surface area contributed by atoms with E-state index in [0.717, 1.165) is 37.4 Å². The Hall–Kier alpha value is -1.16. The summed E-state index contributed by atoms with van der Waals surface area (Å²) in [5.41, 5.74) is 0.916. The first-order chi connectivity index (χ1) is 7.66. The number of nitrogens with zero attached hydrogens (tertiary/aromatic N) is 1. The second-order valence-corrected chi connectivity index (χ2v) is 4.75. The number of hydrogen-bond donors (Lipinski definition) is 2. The van der Waals surface area contributed by atoms with E-state index in [1.165, 1.54) is 0 Å². The molecule has 0 spiro atoms. The Morgan fingerprint density at radius 3 is 2.94 bits per heavy atom. The van der Waals surface area contributed by atoms with Gasteiger partial charge in [-0.1, -0.05) is 13.8 Å². The first-order valence-corrected chi connectivity index (χ1v) is 5.98. The smallest absolute Gasteiger partial charge is 0.251 e. The molecule has 2 N–H and O–H groups in total. The van der Waals surface area contributed by atoms with Crippen molar-refractivity contribution in [1.29, 1.82) is 0 Å². The van der Waals surface area contributed by atoms with Gasteiger partial charge in [0.2, 0.25) is 0 Å². The molecule has 4 heteroatoms. The lowest BCUT2D eigenvalue weighted by Crippen LogP contribution is -2.30. The molecule has 0 amide bonds. The van der Waals surface area contributed by atoms with Crippen LogP contribution >= 0.6 is 0 Å². The van der Waals surface area contributed by atoms with Crippen LogP contribution in [0.15, 0.2) is 10.9 Å². The van der Waals surface area contributed by atoms with Gasteiger partial charge in [0.15, 0.2) is 0 Å². The first-order valence-electron chi connectivity index (χ1n) is 5.98. The number of aromatic nitrogens is 2. The van der Waals surface area contributed by atoms with Crippen LogP contribution in [0.25, 0.3) is 0 Å². The summed E-state index contributed by atoms with van der Waals surface area (Å²) < 4.78 is 0. The molecule has 2 heterocycles. The predicted octanol–water partition coefficient (Wildman–Crippen LogP) is 1.36. The van der Waals surface area contributed by atoms with Gasteiger partial charge in [-0.25, -0.2) is 4.98 Å². The van der Waals surface area contributed by atoms with E-state index in [1.807, 2.05) is 13.8 Å². The summed E-state index contributed by atoms with van der Waals surface area (Å²) in [4.78, 5) is 18.9. The third-order valence-electron chi connectivity index (χ3n) is 3.04. The van der Waals surface area contributed by atoms with Crippen LogP contribution in [0, 0.1) is 0 Å². The summed E-state index contributed by atoms with van der Waals surface area (Å²) in [6.45, 7) is 6.10. The Morgan fingerprint density at radius 1 is 1.50 bits per heavy atom. The molecule has 1 aliphatic heterocycles. The van der Waals surface area contributed by atoms with Crippen molar-refractivity contribution in [2.75, 3.05) is 13.1 Å². The average molecular weight is 221 g/mol. The molecule has 2 rings (SSSR count). The topological polar surface area (TPSA) is 57.8 Å². The standard InChI is InChI=1S/C12H19N3O/c1-8(2)12-14-10(6-11(16)15-12)9-4-3-5-13-7-9/h6,8-9,13H,3-5,7H2,1-2H3,(H,14,15,16). The predicted molar refractivity (Wildman–Crippen MR) is 63.8 cm³/mol. The summed E-state index contributed by atoms with van der Waals surface area (Å²) >= 11 is 0. The van der Waals surface area contributed by atoms with Gasteiger partial charge in [-0.2, -0.15) is 0 Å². The molecule has 0 saturated carbocycles. The number of hydrogen-bond acceptors (Lipinski definition) is 3. The number of piperidine rings is 1. The molecule has 1 aromatic rings. The Kier molecular flexibility index (Phi) is 3.39. The maximum absolute atomic E-state index is 11.5. The van der Waals surface area contributed by atoms with Crippen molar-refractivity contribution in [2.45, 2.75) is 38.5 Å². The van der Waals surface area contributed by atoms with Crippen molar-refractivity contribution < 1.29 is 0 Å². The van der Waals surface area contributed by atoms with Crippen molar-refractivity contribution in [2.24, 2.45) is 0 Å². The molecular weight excluding hydrogens is 202 g/mol. The summed E-state index contributed by atoms with van der Waals surface area (Å²) in [7, 11) is 0. The van der Waals surface area contributed by atoms with Gasteiger partial charge in [-0.15, -0.1) is 0 Å². The first kappa shape index (κ1) is 11.3. The van der Waals surface area contributed by atoms with Gasteiger partial charge in [0.25, 0.3) is 5.56 Å². The maximum Gasteiger partial charge on any atom is 0.251 e. The molecule has 16 heavy (non-hydrogen) atoms. The summed E-state index contributed by atoms with van der Waals surface area (Å²) in [5, 5.41) is 3.35. The maximum atomic E-state index is 11.5. The van der Waals surface area contributed by atoms with Crippen molar-refractivity contribution in [3.63, 3.8) is 0 Å². The molecule has 0 aromatic carbocycles. The van der Waals surface area contributed by atoms with Gasteiger partial charge < -0.3 is 10.3 Å². The lowest BCUT2D eigenvalue weighted by atomic mass is 9.96. The monoisotopic (exact) mass is 221 g/mol. The van der Waals surface area contributed by atoms with E-state index >= 15 is 0 Å². The minimum Gasteiger partial charge on any atom is -0.316 e. The normalized spacial score (nSPS) is 21.3. The highest BCUT2D eigenvalue weighted by Gasteiger charge is 2.18. The number of H-pyrrole nitrogens is 1. The Morgan fingerprint density at radius 2 is 2.31 bits per heavy atom. The van der Waals surface area contributed by atoms with Crippen molar-refractivity contribution in [1.82, 2.24) is 15.3 Å². The fourth-order valence-corrected chi connectivity index (χ4v) is 2.08. The van der Waals surface area contributed by atoms with Gasteiger partial charge in [0.1, 0.15) is 5.82 Å². The van der Waals surface area contributed by atoms with Crippen LogP contribution in [0.1, 0.15) is 50.0 Å². The van der Waals surface area contributed by atoms with Crippen LogP contribution in [-0.2, 0) is 0 Å². The summed E-state index contributed by atoms with van der Waals surface area (Å²) in [6.07, 6.45) is 2.29. The zero-order valence-corrected chi connectivity index (χ0v) is 9.92. The third kappa shape index (κ3) is 2.50. The molecule has 0 radical (unpaired) electrons. The van der Waals surface area contributed by atoms with Crippen LogP contribution < -0.4 is 10.9 Å². The Balaban J connectivity index is 2.29. The third-order valence-corrected chi connectivity index (χ3v) is 3.04. The van der Waals surface area contributed by atoms with Gasteiger partial charge in [-0.05, 0) is 19.4 Å². The highest BCUT2D eigenvalue weighted by atomic mass is 16.1. The van der Waals surface area contributed by atoms with Crippen LogP contribution in [-0.4, -0.2) is 23.1 Å². The van der Waals surface area contributed by atoms with E-state index in [0.29, 0.717) is 5.92 Å². The molecular formula is C12H19N3O. The van der Waals surface area contributed by atoms with Crippen molar-refractivity contribution >= 4 is 0 Å². The minimum absolute atomic E-state index is 0.0285. The Labute approximate surface area is 95.5 Å². The van der Waals surface area contributed by atoms with E-state index in [4.69, 9.17) is 0 Å². The van der Waals surface area contributed by atoms with Crippen LogP contribution in [0.4, 0.5) is 0 Å². The SMILES string of the molecule is CC(C)c1nc(C2CCCNC2)cc(=O)[nH]1. The Bertz CT molecular complexity index is 405. The zero-order chi connectivity index (χ0) is 11.5. The lowest BCUT2D eigenvalue weighted by molar-refractivity contribution is 0.452.